The number of amides is 2. The van der Waals surface area contributed by atoms with Gasteiger partial charge in [-0.2, -0.15) is 0 Å². The molecule has 126 valence electrons. The van der Waals surface area contributed by atoms with Gasteiger partial charge in [-0.05, 0) is 52.7 Å². The second kappa shape index (κ2) is 7.97. The normalized spacial score (nSPS) is 10.2. The molecule has 1 N–H and O–H groups in total. The molecule has 0 saturated heterocycles. The Kier molecular flexibility index (Phi) is 5.98. The molecule has 0 fully saturated rings. The SMILES string of the molecule is COc1ccc(C)cc1N(CC(=O)Nc1ccccc1Br)C(C)=O. The molecule has 2 aromatic carbocycles. The number of halogens is 1. The minimum atomic E-state index is -0.291. The summed E-state index contributed by atoms with van der Waals surface area (Å²) in [4.78, 5) is 25.8. The molecule has 0 aromatic heterocycles. The third kappa shape index (κ3) is 4.35. The van der Waals surface area contributed by atoms with E-state index in [-0.39, 0.29) is 18.4 Å². The van der Waals surface area contributed by atoms with Gasteiger partial charge in [0.05, 0.1) is 18.5 Å². The van der Waals surface area contributed by atoms with Crippen molar-refractivity contribution in [1.29, 1.82) is 0 Å². The Morgan fingerprint density at radius 2 is 1.92 bits per heavy atom. The number of ether oxygens (including phenoxy) is 1. The average molecular weight is 391 g/mol. The quantitative estimate of drug-likeness (QED) is 0.845. The number of rotatable bonds is 5. The molecule has 0 aliphatic carbocycles. The fraction of sp³-hybridized carbons (Fsp3) is 0.222. The van der Waals surface area contributed by atoms with Crippen LogP contribution < -0.4 is 15.0 Å². The number of nitrogens with zero attached hydrogens (tertiary/aromatic N) is 1. The molecule has 0 aliphatic heterocycles. The number of carbonyl (C=O) groups excluding carboxylic acids is 2. The fourth-order valence-corrected chi connectivity index (χ4v) is 2.66. The number of aryl methyl sites for hydroxylation is 1. The van der Waals surface area contributed by atoms with Gasteiger partial charge in [0.2, 0.25) is 11.8 Å². The van der Waals surface area contributed by atoms with Crippen molar-refractivity contribution in [2.24, 2.45) is 0 Å². The van der Waals surface area contributed by atoms with Crippen LogP contribution in [0.2, 0.25) is 0 Å². The van der Waals surface area contributed by atoms with Crippen molar-refractivity contribution >= 4 is 39.1 Å². The highest BCUT2D eigenvalue weighted by Crippen LogP contribution is 2.29. The van der Waals surface area contributed by atoms with E-state index in [2.05, 4.69) is 21.2 Å². The van der Waals surface area contributed by atoms with Gasteiger partial charge in [-0.1, -0.05) is 18.2 Å². The molecule has 0 spiro atoms. The molecule has 2 aromatic rings. The molecule has 6 heteroatoms. The molecular weight excluding hydrogens is 372 g/mol. The van der Waals surface area contributed by atoms with E-state index in [1.807, 2.05) is 37.3 Å². The van der Waals surface area contributed by atoms with Crippen LogP contribution in [0.15, 0.2) is 46.9 Å². The van der Waals surface area contributed by atoms with Crippen LogP contribution in [0.1, 0.15) is 12.5 Å². The zero-order chi connectivity index (χ0) is 17.7. The van der Waals surface area contributed by atoms with Crippen molar-refractivity contribution in [3.8, 4) is 5.75 Å². The lowest BCUT2D eigenvalue weighted by atomic mass is 10.2. The van der Waals surface area contributed by atoms with Gasteiger partial charge >= 0.3 is 0 Å². The number of hydrogen-bond acceptors (Lipinski definition) is 3. The van der Waals surface area contributed by atoms with E-state index in [1.54, 1.807) is 12.1 Å². The topological polar surface area (TPSA) is 58.6 Å². The first-order valence-corrected chi connectivity index (χ1v) is 8.18. The summed E-state index contributed by atoms with van der Waals surface area (Å²) >= 11 is 3.38. The highest BCUT2D eigenvalue weighted by atomic mass is 79.9. The molecule has 0 unspecified atom stereocenters. The van der Waals surface area contributed by atoms with Gasteiger partial charge in [0.25, 0.3) is 0 Å². The molecule has 0 atom stereocenters. The highest BCUT2D eigenvalue weighted by molar-refractivity contribution is 9.10. The van der Waals surface area contributed by atoms with Crippen molar-refractivity contribution in [2.75, 3.05) is 23.9 Å². The Hall–Kier alpha value is -2.34. The molecule has 24 heavy (non-hydrogen) atoms. The summed E-state index contributed by atoms with van der Waals surface area (Å²) in [6, 6.07) is 12.8. The van der Waals surface area contributed by atoms with Gasteiger partial charge in [-0.15, -0.1) is 0 Å². The molecule has 0 radical (unpaired) electrons. The van der Waals surface area contributed by atoms with Gasteiger partial charge in [-0.25, -0.2) is 0 Å². The molecule has 0 bridgehead atoms. The van der Waals surface area contributed by atoms with Crippen molar-refractivity contribution in [1.82, 2.24) is 0 Å². The molecule has 2 amide bonds. The Bertz CT molecular complexity index is 762. The standard InChI is InChI=1S/C18H19BrN2O3/c1-12-8-9-17(24-3)16(10-12)21(13(2)22)11-18(23)20-15-7-5-4-6-14(15)19/h4-10H,11H2,1-3H3,(H,20,23). The maximum Gasteiger partial charge on any atom is 0.244 e. The Morgan fingerprint density at radius 1 is 1.21 bits per heavy atom. The summed E-state index contributed by atoms with van der Waals surface area (Å²) in [6.45, 7) is 3.24. The van der Waals surface area contributed by atoms with E-state index in [9.17, 15) is 9.59 Å². The fourth-order valence-electron chi connectivity index (χ4n) is 2.27. The second-order valence-corrected chi connectivity index (χ2v) is 6.16. The lowest BCUT2D eigenvalue weighted by molar-refractivity contribution is -0.120. The Balaban J connectivity index is 2.23. The molecular formula is C18H19BrN2O3. The van der Waals surface area contributed by atoms with Crippen LogP contribution in [-0.4, -0.2) is 25.5 Å². The third-order valence-electron chi connectivity index (χ3n) is 3.45. The van der Waals surface area contributed by atoms with Crippen LogP contribution in [0.5, 0.6) is 5.75 Å². The first-order chi connectivity index (χ1) is 11.4. The molecule has 0 saturated carbocycles. The lowest BCUT2D eigenvalue weighted by Gasteiger charge is -2.23. The average Bonchev–Trinajstić information content (AvgIpc) is 2.54. The van der Waals surface area contributed by atoms with Gasteiger partial charge in [0.15, 0.2) is 0 Å². The number of anilines is 2. The number of nitrogens with one attached hydrogen (secondary N) is 1. The maximum absolute atomic E-state index is 12.4. The third-order valence-corrected chi connectivity index (χ3v) is 4.15. The maximum atomic E-state index is 12.4. The number of benzene rings is 2. The van der Waals surface area contributed by atoms with E-state index in [4.69, 9.17) is 4.74 Å². The summed E-state index contributed by atoms with van der Waals surface area (Å²) in [7, 11) is 1.54. The van der Waals surface area contributed by atoms with Crippen LogP contribution in [0, 0.1) is 6.92 Å². The van der Waals surface area contributed by atoms with Crippen LogP contribution in [-0.2, 0) is 9.59 Å². The largest absolute Gasteiger partial charge is 0.495 e. The number of hydrogen-bond donors (Lipinski definition) is 1. The lowest BCUT2D eigenvalue weighted by Crippen LogP contribution is -2.37. The highest BCUT2D eigenvalue weighted by Gasteiger charge is 2.20. The van der Waals surface area contributed by atoms with Gasteiger partial charge in [0, 0.05) is 11.4 Å². The minimum absolute atomic E-state index is 0.101. The molecule has 2 rings (SSSR count). The first-order valence-electron chi connectivity index (χ1n) is 7.39. The van der Waals surface area contributed by atoms with Crippen molar-refractivity contribution in [3.63, 3.8) is 0 Å². The second-order valence-electron chi connectivity index (χ2n) is 5.31. The Labute approximate surface area is 149 Å². The zero-order valence-electron chi connectivity index (χ0n) is 13.8. The minimum Gasteiger partial charge on any atom is -0.495 e. The summed E-state index contributed by atoms with van der Waals surface area (Å²) in [5.74, 6) is 0.0197. The number of methoxy groups -OCH3 is 1. The van der Waals surface area contributed by atoms with Crippen molar-refractivity contribution in [3.05, 3.63) is 52.5 Å². The van der Waals surface area contributed by atoms with Gasteiger partial charge < -0.3 is 10.1 Å². The predicted octanol–water partition coefficient (Wildman–Crippen LogP) is 3.76. The predicted molar refractivity (Wildman–Crippen MR) is 98.5 cm³/mol. The summed E-state index contributed by atoms with van der Waals surface area (Å²) < 4.78 is 6.10. The smallest absolute Gasteiger partial charge is 0.244 e. The summed E-state index contributed by atoms with van der Waals surface area (Å²) in [6.07, 6.45) is 0. The van der Waals surface area contributed by atoms with Gasteiger partial charge in [-0.3, -0.25) is 14.5 Å². The van der Waals surface area contributed by atoms with E-state index >= 15 is 0 Å². The van der Waals surface area contributed by atoms with Crippen molar-refractivity contribution in [2.45, 2.75) is 13.8 Å². The summed E-state index contributed by atoms with van der Waals surface area (Å²) in [5, 5.41) is 2.80. The van der Waals surface area contributed by atoms with E-state index in [0.717, 1.165) is 10.0 Å². The van der Waals surface area contributed by atoms with Gasteiger partial charge in [0.1, 0.15) is 12.3 Å². The monoisotopic (exact) mass is 390 g/mol. The van der Waals surface area contributed by atoms with E-state index in [0.29, 0.717) is 17.1 Å². The van der Waals surface area contributed by atoms with Crippen LogP contribution in [0.3, 0.4) is 0 Å². The van der Waals surface area contributed by atoms with Crippen LogP contribution >= 0.6 is 15.9 Å². The molecule has 0 heterocycles. The van der Waals surface area contributed by atoms with Crippen LogP contribution in [0.25, 0.3) is 0 Å². The first kappa shape index (κ1) is 18.0. The number of carbonyl (C=O) groups is 2. The molecule has 5 nitrogen and oxygen atoms in total. The van der Waals surface area contributed by atoms with E-state index < -0.39 is 0 Å². The Morgan fingerprint density at radius 3 is 2.54 bits per heavy atom. The molecule has 0 aliphatic rings. The van der Waals surface area contributed by atoms with E-state index in [1.165, 1.54) is 18.9 Å². The number of para-hydroxylation sites is 1. The van der Waals surface area contributed by atoms with Crippen LogP contribution in [0.4, 0.5) is 11.4 Å². The van der Waals surface area contributed by atoms with Crippen molar-refractivity contribution < 1.29 is 14.3 Å². The summed E-state index contributed by atoms with van der Waals surface area (Å²) in [5.41, 5.74) is 2.21. The zero-order valence-corrected chi connectivity index (χ0v) is 15.4.